The first-order valence-electron chi connectivity index (χ1n) is 7.40. The summed E-state index contributed by atoms with van der Waals surface area (Å²) in [7, 11) is 0. The summed E-state index contributed by atoms with van der Waals surface area (Å²) in [5.41, 5.74) is 6.09. The van der Waals surface area contributed by atoms with Crippen LogP contribution in [0.1, 0.15) is 38.5 Å². The van der Waals surface area contributed by atoms with E-state index in [4.69, 9.17) is 10.2 Å². The minimum absolute atomic E-state index is 0.0409. The fourth-order valence-corrected chi connectivity index (χ4v) is 2.80. The van der Waals surface area contributed by atoms with Crippen LogP contribution < -0.4 is 11.1 Å². The average Bonchev–Trinajstić information content (AvgIpc) is 2.95. The van der Waals surface area contributed by atoms with Crippen molar-refractivity contribution in [3.8, 4) is 0 Å². The van der Waals surface area contributed by atoms with Crippen molar-refractivity contribution in [3.63, 3.8) is 0 Å². The van der Waals surface area contributed by atoms with Crippen LogP contribution in [0.15, 0.2) is 22.8 Å². The topological polar surface area (TPSA) is 71.5 Å². The normalized spacial score (nSPS) is 25.4. The van der Waals surface area contributed by atoms with Crippen LogP contribution in [-0.2, 0) is 4.79 Å². The summed E-state index contributed by atoms with van der Waals surface area (Å²) >= 11 is 0. The molecule has 2 rings (SSSR count). The molecule has 0 aromatic carbocycles. The molecular formula is C15H25N3O2. The Morgan fingerprint density at radius 2 is 2.45 bits per heavy atom. The average molecular weight is 279 g/mol. The molecule has 3 atom stereocenters. The lowest BCUT2D eigenvalue weighted by atomic mass is 9.91. The minimum atomic E-state index is -0.0912. The van der Waals surface area contributed by atoms with Crippen LogP contribution in [0.25, 0.3) is 0 Å². The van der Waals surface area contributed by atoms with Gasteiger partial charge < -0.3 is 15.5 Å². The van der Waals surface area contributed by atoms with Gasteiger partial charge in [0.15, 0.2) is 0 Å². The Balaban J connectivity index is 1.80. The van der Waals surface area contributed by atoms with E-state index in [9.17, 15) is 4.79 Å². The van der Waals surface area contributed by atoms with E-state index in [1.165, 1.54) is 0 Å². The second-order valence-corrected chi connectivity index (χ2v) is 5.66. The van der Waals surface area contributed by atoms with Gasteiger partial charge in [0.1, 0.15) is 5.76 Å². The van der Waals surface area contributed by atoms with Gasteiger partial charge >= 0.3 is 0 Å². The number of nitrogens with one attached hydrogen (secondary N) is 1. The summed E-state index contributed by atoms with van der Waals surface area (Å²) in [6, 6.07) is 3.89. The van der Waals surface area contributed by atoms with Crippen molar-refractivity contribution in [1.29, 1.82) is 0 Å². The molecule has 0 bridgehead atoms. The monoisotopic (exact) mass is 279 g/mol. The fourth-order valence-electron chi connectivity index (χ4n) is 2.80. The van der Waals surface area contributed by atoms with E-state index >= 15 is 0 Å². The Hall–Kier alpha value is -1.33. The number of nitrogens with zero attached hydrogens (tertiary/aromatic N) is 1. The summed E-state index contributed by atoms with van der Waals surface area (Å²) < 4.78 is 5.29. The van der Waals surface area contributed by atoms with Crippen LogP contribution >= 0.6 is 0 Å². The van der Waals surface area contributed by atoms with E-state index in [1.807, 2.05) is 19.1 Å². The molecule has 0 radical (unpaired) electrons. The maximum Gasteiger partial charge on any atom is 0.234 e. The van der Waals surface area contributed by atoms with Gasteiger partial charge in [0.05, 0.1) is 18.8 Å². The van der Waals surface area contributed by atoms with Gasteiger partial charge in [-0.05, 0) is 31.4 Å². The second kappa shape index (κ2) is 6.90. The van der Waals surface area contributed by atoms with Crippen molar-refractivity contribution in [2.75, 3.05) is 19.6 Å². The van der Waals surface area contributed by atoms with Gasteiger partial charge in [-0.1, -0.05) is 13.3 Å². The molecule has 1 aliphatic rings. The number of likely N-dealkylation sites (tertiary alicyclic amines) is 1. The number of carbonyl (C=O) groups excluding carboxylic acids is 1. The Bertz CT molecular complexity index is 419. The Morgan fingerprint density at radius 1 is 1.65 bits per heavy atom. The first kappa shape index (κ1) is 15.1. The highest BCUT2D eigenvalue weighted by atomic mass is 16.3. The maximum absolute atomic E-state index is 12.1. The van der Waals surface area contributed by atoms with Crippen LogP contribution in [0.4, 0.5) is 0 Å². The zero-order valence-electron chi connectivity index (χ0n) is 12.3. The third-order valence-electron chi connectivity index (χ3n) is 4.12. The lowest BCUT2D eigenvalue weighted by molar-refractivity contribution is -0.123. The number of hydrogen-bond acceptors (Lipinski definition) is 4. The van der Waals surface area contributed by atoms with Crippen molar-refractivity contribution in [2.45, 2.75) is 38.8 Å². The summed E-state index contributed by atoms with van der Waals surface area (Å²) in [5.74, 6) is 1.32. The Kier molecular flexibility index (Phi) is 5.20. The number of hydrogen-bond donors (Lipinski definition) is 2. The van der Waals surface area contributed by atoms with Gasteiger partial charge in [0.25, 0.3) is 0 Å². The Labute approximate surface area is 120 Å². The zero-order valence-corrected chi connectivity index (χ0v) is 12.3. The van der Waals surface area contributed by atoms with E-state index in [0.29, 0.717) is 12.5 Å². The highest BCUT2D eigenvalue weighted by Crippen LogP contribution is 2.18. The molecule has 20 heavy (non-hydrogen) atoms. The van der Waals surface area contributed by atoms with E-state index in [0.717, 1.165) is 31.7 Å². The number of rotatable bonds is 5. The largest absolute Gasteiger partial charge is 0.467 e. The molecule has 2 heterocycles. The van der Waals surface area contributed by atoms with Crippen LogP contribution in [0.2, 0.25) is 0 Å². The standard InChI is InChI=1S/C15H25N3O2/c1-3-12-9-18(7-6-13(12)16)10-15(19)17-11(2)14-5-4-8-20-14/h4-5,8,11-13H,3,6-7,9-10,16H2,1-2H3,(H,17,19). The predicted octanol–water partition coefficient (Wildman–Crippen LogP) is 1.52. The lowest BCUT2D eigenvalue weighted by Crippen LogP contribution is -2.49. The van der Waals surface area contributed by atoms with Crippen LogP contribution in [0.3, 0.4) is 0 Å². The van der Waals surface area contributed by atoms with Crippen molar-refractivity contribution >= 4 is 5.91 Å². The minimum Gasteiger partial charge on any atom is -0.467 e. The quantitative estimate of drug-likeness (QED) is 0.857. The van der Waals surface area contributed by atoms with Crippen LogP contribution in [0.5, 0.6) is 0 Å². The van der Waals surface area contributed by atoms with Crippen molar-refractivity contribution in [1.82, 2.24) is 10.2 Å². The van der Waals surface area contributed by atoms with Crippen LogP contribution in [0, 0.1) is 5.92 Å². The van der Waals surface area contributed by atoms with E-state index in [-0.39, 0.29) is 18.0 Å². The molecule has 1 aromatic heterocycles. The molecule has 5 heteroatoms. The highest BCUT2D eigenvalue weighted by Gasteiger charge is 2.26. The van der Waals surface area contributed by atoms with Gasteiger partial charge in [-0.2, -0.15) is 0 Å². The molecule has 0 saturated carbocycles. The number of piperidine rings is 1. The molecule has 0 spiro atoms. The number of amides is 1. The van der Waals surface area contributed by atoms with E-state index < -0.39 is 0 Å². The molecular weight excluding hydrogens is 254 g/mol. The SMILES string of the molecule is CCC1CN(CC(=O)NC(C)c2ccco2)CCC1N. The maximum atomic E-state index is 12.1. The molecule has 3 unspecified atom stereocenters. The first-order chi connectivity index (χ1) is 9.60. The van der Waals surface area contributed by atoms with Gasteiger partial charge in [0, 0.05) is 19.1 Å². The van der Waals surface area contributed by atoms with Crippen LogP contribution in [-0.4, -0.2) is 36.5 Å². The Morgan fingerprint density at radius 3 is 3.10 bits per heavy atom. The molecule has 3 N–H and O–H groups in total. The number of carbonyl (C=O) groups is 1. The molecule has 5 nitrogen and oxygen atoms in total. The fraction of sp³-hybridized carbons (Fsp3) is 0.667. The number of furan rings is 1. The predicted molar refractivity (Wildman–Crippen MR) is 78.1 cm³/mol. The smallest absolute Gasteiger partial charge is 0.234 e. The van der Waals surface area contributed by atoms with Crippen molar-refractivity contribution < 1.29 is 9.21 Å². The molecule has 1 saturated heterocycles. The van der Waals surface area contributed by atoms with Crippen molar-refractivity contribution in [2.24, 2.45) is 11.7 Å². The molecule has 1 amide bonds. The molecule has 0 aliphatic carbocycles. The second-order valence-electron chi connectivity index (χ2n) is 5.66. The molecule has 1 fully saturated rings. The molecule has 1 aliphatic heterocycles. The summed E-state index contributed by atoms with van der Waals surface area (Å²) in [4.78, 5) is 14.3. The lowest BCUT2D eigenvalue weighted by Gasteiger charge is -2.36. The van der Waals surface area contributed by atoms with Gasteiger partial charge in [-0.25, -0.2) is 0 Å². The highest BCUT2D eigenvalue weighted by molar-refractivity contribution is 5.78. The zero-order chi connectivity index (χ0) is 14.5. The first-order valence-corrected chi connectivity index (χ1v) is 7.40. The van der Waals surface area contributed by atoms with Crippen molar-refractivity contribution in [3.05, 3.63) is 24.2 Å². The van der Waals surface area contributed by atoms with E-state index in [1.54, 1.807) is 6.26 Å². The van der Waals surface area contributed by atoms with Gasteiger partial charge in [0.2, 0.25) is 5.91 Å². The summed E-state index contributed by atoms with van der Waals surface area (Å²) in [6.07, 6.45) is 3.66. The van der Waals surface area contributed by atoms with Gasteiger partial charge in [-0.15, -0.1) is 0 Å². The summed E-state index contributed by atoms with van der Waals surface area (Å²) in [5, 5.41) is 2.97. The third kappa shape index (κ3) is 3.84. The third-order valence-corrected chi connectivity index (χ3v) is 4.12. The number of nitrogens with two attached hydrogens (primary N) is 1. The molecule has 1 aromatic rings. The molecule has 112 valence electrons. The van der Waals surface area contributed by atoms with Gasteiger partial charge in [-0.3, -0.25) is 9.69 Å². The van der Waals surface area contributed by atoms with E-state index in [2.05, 4.69) is 17.1 Å². The summed E-state index contributed by atoms with van der Waals surface area (Å²) in [6.45, 7) is 6.35.